The smallest absolute Gasteiger partial charge is 0.315 e. The Hall–Kier alpha value is -3.02. The Kier molecular flexibility index (Phi) is 7.21. The van der Waals surface area contributed by atoms with Crippen molar-refractivity contribution in [3.05, 3.63) is 86.9 Å². The quantitative estimate of drug-likeness (QED) is 0.258. The molecule has 5 nitrogen and oxygen atoms in total. The number of carbonyl (C=O) groups excluding carboxylic acids is 2. The van der Waals surface area contributed by atoms with Crippen LogP contribution in [0.3, 0.4) is 0 Å². The highest BCUT2D eigenvalue weighted by Gasteiger charge is 2.23. The molecular weight excluding hydrogens is 439 g/mol. The Morgan fingerprint density at radius 3 is 2.23 bits per heavy atom. The fourth-order valence-electron chi connectivity index (χ4n) is 3.06. The number of carbonyl (C=O) groups is 2. The summed E-state index contributed by atoms with van der Waals surface area (Å²) in [5.74, 6) is 0.000750. The number of benzene rings is 3. The number of hydrogen-bond donors (Lipinski definition) is 0. The van der Waals surface area contributed by atoms with Crippen LogP contribution in [-0.4, -0.2) is 26.0 Å². The van der Waals surface area contributed by atoms with Crippen LogP contribution < -0.4 is 14.2 Å². The summed E-state index contributed by atoms with van der Waals surface area (Å²) in [6, 6.07) is 15.2. The highest BCUT2D eigenvalue weighted by atomic mass is 35.5. The van der Waals surface area contributed by atoms with E-state index < -0.39 is 11.8 Å². The fourth-order valence-corrected chi connectivity index (χ4v) is 3.65. The van der Waals surface area contributed by atoms with E-state index in [-0.39, 0.29) is 27.8 Å². The van der Waals surface area contributed by atoms with Gasteiger partial charge in [0.2, 0.25) is 0 Å². The van der Waals surface area contributed by atoms with E-state index in [2.05, 4.69) is 0 Å². The van der Waals surface area contributed by atoms with Crippen LogP contribution in [0.5, 0.6) is 17.2 Å². The molecule has 0 saturated heterocycles. The molecule has 160 valence electrons. The number of hydrogen-bond acceptors (Lipinski definition) is 5. The molecule has 0 atom stereocenters. The average Bonchev–Trinajstić information content (AvgIpc) is 2.76. The van der Waals surface area contributed by atoms with Crippen LogP contribution in [-0.2, 0) is 11.2 Å². The van der Waals surface area contributed by atoms with Gasteiger partial charge in [0.05, 0.1) is 36.2 Å². The second-order valence-corrected chi connectivity index (χ2v) is 7.50. The van der Waals surface area contributed by atoms with Crippen LogP contribution in [0, 0.1) is 6.92 Å². The molecule has 3 aromatic carbocycles. The molecule has 31 heavy (non-hydrogen) atoms. The molecule has 0 saturated carbocycles. The van der Waals surface area contributed by atoms with Gasteiger partial charge in [-0.3, -0.25) is 9.59 Å². The predicted molar refractivity (Wildman–Crippen MR) is 120 cm³/mol. The first-order chi connectivity index (χ1) is 14.8. The number of aryl methyl sites for hydroxylation is 1. The van der Waals surface area contributed by atoms with Gasteiger partial charge in [-0.15, -0.1) is 0 Å². The van der Waals surface area contributed by atoms with Crippen molar-refractivity contribution in [3.63, 3.8) is 0 Å². The number of rotatable bonds is 7. The maximum absolute atomic E-state index is 13.1. The minimum absolute atomic E-state index is 0.0366. The lowest BCUT2D eigenvalue weighted by Crippen LogP contribution is -2.13. The summed E-state index contributed by atoms with van der Waals surface area (Å²) in [5, 5.41) is 0.105. The third-order valence-corrected chi connectivity index (χ3v) is 5.44. The molecule has 0 radical (unpaired) electrons. The molecule has 0 N–H and O–H groups in total. The fraction of sp³-hybridized carbons (Fsp3) is 0.167. The van der Waals surface area contributed by atoms with Crippen molar-refractivity contribution in [2.45, 2.75) is 13.3 Å². The highest BCUT2D eigenvalue weighted by molar-refractivity contribution is 6.42. The lowest BCUT2D eigenvalue weighted by Gasteiger charge is -2.13. The van der Waals surface area contributed by atoms with Crippen molar-refractivity contribution < 1.29 is 23.8 Å². The van der Waals surface area contributed by atoms with Crippen molar-refractivity contribution in [1.82, 2.24) is 0 Å². The molecular formula is C24H20Cl2O5. The Labute approximate surface area is 190 Å². The van der Waals surface area contributed by atoms with Gasteiger partial charge in [0.1, 0.15) is 5.75 Å². The monoisotopic (exact) mass is 458 g/mol. The zero-order valence-electron chi connectivity index (χ0n) is 17.2. The lowest BCUT2D eigenvalue weighted by molar-refractivity contribution is -0.133. The standard InChI is InChI=1S/C24H20Cl2O5/c1-14-6-4-5-7-15(14)13-21(27)31-19-11-9-17(25)22(23(19)26)24(28)16-8-10-18(29-2)20(12-16)30-3/h4-12H,13H2,1-3H3. The van der Waals surface area contributed by atoms with Gasteiger partial charge < -0.3 is 14.2 Å². The third-order valence-electron chi connectivity index (χ3n) is 4.75. The summed E-state index contributed by atoms with van der Waals surface area (Å²) < 4.78 is 15.9. The van der Waals surface area contributed by atoms with Crippen LogP contribution in [0.4, 0.5) is 0 Å². The molecule has 0 bridgehead atoms. The molecule has 0 aromatic heterocycles. The highest BCUT2D eigenvalue weighted by Crippen LogP contribution is 2.36. The van der Waals surface area contributed by atoms with Crippen molar-refractivity contribution in [1.29, 1.82) is 0 Å². The van der Waals surface area contributed by atoms with Crippen molar-refractivity contribution >= 4 is 35.0 Å². The molecule has 0 unspecified atom stereocenters. The minimum Gasteiger partial charge on any atom is -0.493 e. The van der Waals surface area contributed by atoms with Crippen LogP contribution in [0.2, 0.25) is 10.0 Å². The van der Waals surface area contributed by atoms with E-state index >= 15 is 0 Å². The first-order valence-electron chi connectivity index (χ1n) is 9.35. The second-order valence-electron chi connectivity index (χ2n) is 6.71. The molecule has 0 spiro atoms. The number of ether oxygens (including phenoxy) is 3. The van der Waals surface area contributed by atoms with E-state index in [1.54, 1.807) is 12.1 Å². The SMILES string of the molecule is COc1ccc(C(=O)c2c(Cl)ccc(OC(=O)Cc3ccccc3C)c2Cl)cc1OC. The van der Waals surface area contributed by atoms with Gasteiger partial charge in [-0.05, 0) is 48.4 Å². The van der Waals surface area contributed by atoms with Gasteiger partial charge in [0.25, 0.3) is 0 Å². The molecule has 0 fully saturated rings. The topological polar surface area (TPSA) is 61.8 Å². The van der Waals surface area contributed by atoms with Gasteiger partial charge in [-0.2, -0.15) is 0 Å². The summed E-state index contributed by atoms with van der Waals surface area (Å²) in [6.07, 6.45) is 0.0740. The van der Waals surface area contributed by atoms with Crippen LogP contribution in [0.1, 0.15) is 27.0 Å². The number of esters is 1. The molecule has 7 heteroatoms. The molecule has 3 aromatic rings. The van der Waals surface area contributed by atoms with E-state index in [1.807, 2.05) is 31.2 Å². The van der Waals surface area contributed by atoms with Gasteiger partial charge in [-0.1, -0.05) is 47.5 Å². The van der Waals surface area contributed by atoms with Crippen molar-refractivity contribution in [2.75, 3.05) is 14.2 Å². The van der Waals surface area contributed by atoms with E-state index in [1.165, 1.54) is 32.4 Å². The Bertz CT molecular complexity index is 1140. The first kappa shape index (κ1) is 22.7. The van der Waals surface area contributed by atoms with Gasteiger partial charge >= 0.3 is 5.97 Å². The normalized spacial score (nSPS) is 10.5. The first-order valence-corrected chi connectivity index (χ1v) is 10.1. The third kappa shape index (κ3) is 5.01. The van der Waals surface area contributed by atoms with Crippen LogP contribution in [0.15, 0.2) is 54.6 Å². The molecule has 0 aliphatic rings. The minimum atomic E-state index is -0.497. The van der Waals surface area contributed by atoms with E-state index in [4.69, 9.17) is 37.4 Å². The largest absolute Gasteiger partial charge is 0.493 e. The summed E-state index contributed by atoms with van der Waals surface area (Å²) in [6.45, 7) is 1.91. The number of halogens is 2. The van der Waals surface area contributed by atoms with Gasteiger partial charge in [0, 0.05) is 5.56 Å². The zero-order valence-corrected chi connectivity index (χ0v) is 18.7. The Morgan fingerprint density at radius 1 is 0.871 bits per heavy atom. The van der Waals surface area contributed by atoms with Crippen molar-refractivity contribution in [3.8, 4) is 17.2 Å². The zero-order chi connectivity index (χ0) is 22.5. The lowest BCUT2D eigenvalue weighted by atomic mass is 10.0. The van der Waals surface area contributed by atoms with E-state index in [0.717, 1.165) is 11.1 Å². The maximum atomic E-state index is 13.1. The maximum Gasteiger partial charge on any atom is 0.315 e. The Morgan fingerprint density at radius 2 is 1.55 bits per heavy atom. The number of ketones is 1. The van der Waals surface area contributed by atoms with E-state index in [9.17, 15) is 9.59 Å². The number of methoxy groups -OCH3 is 2. The summed E-state index contributed by atoms with van der Waals surface area (Å²) in [5.41, 5.74) is 2.16. The summed E-state index contributed by atoms with van der Waals surface area (Å²) >= 11 is 12.7. The molecule has 0 amide bonds. The molecule has 0 aliphatic heterocycles. The average molecular weight is 459 g/mol. The van der Waals surface area contributed by atoms with Crippen LogP contribution >= 0.6 is 23.2 Å². The Balaban J connectivity index is 1.89. The van der Waals surface area contributed by atoms with Crippen LogP contribution in [0.25, 0.3) is 0 Å². The van der Waals surface area contributed by atoms with E-state index in [0.29, 0.717) is 17.1 Å². The second kappa shape index (κ2) is 9.86. The van der Waals surface area contributed by atoms with Gasteiger partial charge in [0.15, 0.2) is 17.3 Å². The predicted octanol–water partition coefficient (Wildman–Crippen LogP) is 5.70. The molecule has 0 aliphatic carbocycles. The molecule has 3 rings (SSSR count). The van der Waals surface area contributed by atoms with Crippen molar-refractivity contribution in [2.24, 2.45) is 0 Å². The molecule has 0 heterocycles. The summed E-state index contributed by atoms with van der Waals surface area (Å²) in [7, 11) is 2.97. The summed E-state index contributed by atoms with van der Waals surface area (Å²) in [4.78, 5) is 25.6. The van der Waals surface area contributed by atoms with Gasteiger partial charge in [-0.25, -0.2) is 0 Å².